The predicted octanol–water partition coefficient (Wildman–Crippen LogP) is 3.66. The van der Waals surface area contributed by atoms with Crippen LogP contribution in [0.5, 0.6) is 5.75 Å². The van der Waals surface area contributed by atoms with Gasteiger partial charge in [-0.1, -0.05) is 17.3 Å². The summed E-state index contributed by atoms with van der Waals surface area (Å²) in [5, 5.41) is 22.3. The van der Waals surface area contributed by atoms with Crippen molar-refractivity contribution in [1.29, 1.82) is 5.26 Å². The number of anilines is 1. The number of rotatable bonds is 7. The van der Waals surface area contributed by atoms with Crippen LogP contribution >= 0.6 is 0 Å². The molecule has 0 spiro atoms. The summed E-state index contributed by atoms with van der Waals surface area (Å²) in [6, 6.07) is 12.5. The minimum absolute atomic E-state index is 0.0210. The van der Waals surface area contributed by atoms with E-state index in [0.29, 0.717) is 40.1 Å². The van der Waals surface area contributed by atoms with Crippen LogP contribution in [0.4, 0.5) is 5.69 Å². The van der Waals surface area contributed by atoms with E-state index >= 15 is 0 Å². The number of nitrogen functional groups attached to an aromatic ring is 1. The number of carboxylic acids is 1. The minimum atomic E-state index is -0.894. The Morgan fingerprint density at radius 3 is 2.83 bits per heavy atom. The second kappa shape index (κ2) is 8.44. The largest absolute Gasteiger partial charge is 0.490 e. The molecule has 0 aliphatic carbocycles. The maximum atomic E-state index is 10.8. The molecule has 8 heteroatoms. The summed E-state index contributed by atoms with van der Waals surface area (Å²) in [6.07, 6.45) is 0.231. The number of hydrogen-bond donors (Lipinski definition) is 2. The van der Waals surface area contributed by atoms with Crippen LogP contribution in [0.15, 0.2) is 40.9 Å². The van der Waals surface area contributed by atoms with E-state index in [1.165, 1.54) is 0 Å². The molecule has 0 radical (unpaired) electrons. The maximum Gasteiger partial charge on any atom is 0.303 e. The van der Waals surface area contributed by atoms with Gasteiger partial charge in [0.25, 0.3) is 5.89 Å². The third kappa shape index (κ3) is 4.52. The standard InChI is InChI=1S/C21H20N4O4/c1-12(2)28-17-8-6-14(10-15(17)11-22)21-24-20(25-29-21)16-5-3-4-13(19(16)23)7-9-18(26)27/h3-6,8,10,12H,7,9,23H2,1-2H3,(H,26,27). The van der Waals surface area contributed by atoms with Gasteiger partial charge in [-0.25, -0.2) is 0 Å². The summed E-state index contributed by atoms with van der Waals surface area (Å²) < 4.78 is 11.0. The third-order valence-corrected chi connectivity index (χ3v) is 4.18. The summed E-state index contributed by atoms with van der Waals surface area (Å²) in [6.45, 7) is 3.77. The molecule has 8 nitrogen and oxygen atoms in total. The lowest BCUT2D eigenvalue weighted by molar-refractivity contribution is -0.136. The molecule has 0 atom stereocenters. The van der Waals surface area contributed by atoms with Gasteiger partial charge in [0.1, 0.15) is 11.8 Å². The first-order valence-corrected chi connectivity index (χ1v) is 9.03. The van der Waals surface area contributed by atoms with Gasteiger partial charge in [-0.2, -0.15) is 10.2 Å². The highest BCUT2D eigenvalue weighted by molar-refractivity contribution is 5.76. The number of nitrogens with two attached hydrogens (primary N) is 1. The maximum absolute atomic E-state index is 10.8. The lowest BCUT2D eigenvalue weighted by Gasteiger charge is -2.11. The molecule has 0 amide bonds. The molecule has 148 valence electrons. The highest BCUT2D eigenvalue weighted by Gasteiger charge is 2.17. The van der Waals surface area contributed by atoms with Gasteiger partial charge < -0.3 is 20.1 Å². The number of carboxylic acid groups (broad SMARTS) is 1. The predicted molar refractivity (Wildman–Crippen MR) is 106 cm³/mol. The van der Waals surface area contributed by atoms with E-state index in [0.717, 1.165) is 0 Å². The van der Waals surface area contributed by atoms with E-state index in [1.54, 1.807) is 36.4 Å². The van der Waals surface area contributed by atoms with Gasteiger partial charge in [0.05, 0.1) is 11.7 Å². The van der Waals surface area contributed by atoms with E-state index in [9.17, 15) is 10.1 Å². The number of benzene rings is 2. The number of ether oxygens (including phenoxy) is 1. The van der Waals surface area contributed by atoms with Crippen LogP contribution in [-0.2, 0) is 11.2 Å². The molecule has 0 fully saturated rings. The minimum Gasteiger partial charge on any atom is -0.490 e. The zero-order valence-electron chi connectivity index (χ0n) is 16.0. The molecule has 3 rings (SSSR count). The zero-order chi connectivity index (χ0) is 21.0. The molecule has 3 aromatic rings. The van der Waals surface area contributed by atoms with E-state index in [1.807, 2.05) is 13.8 Å². The molecule has 0 aliphatic heterocycles. The van der Waals surface area contributed by atoms with Crippen LogP contribution in [0.2, 0.25) is 0 Å². The number of aliphatic carboxylic acids is 1. The van der Waals surface area contributed by atoms with Gasteiger partial charge in [-0.15, -0.1) is 0 Å². The zero-order valence-corrected chi connectivity index (χ0v) is 16.0. The molecular formula is C21H20N4O4. The lowest BCUT2D eigenvalue weighted by Crippen LogP contribution is -2.06. The van der Waals surface area contributed by atoms with E-state index in [2.05, 4.69) is 16.2 Å². The Morgan fingerprint density at radius 2 is 2.14 bits per heavy atom. The quantitative estimate of drug-likeness (QED) is 0.581. The van der Waals surface area contributed by atoms with Crippen molar-refractivity contribution in [3.05, 3.63) is 47.5 Å². The summed E-state index contributed by atoms with van der Waals surface area (Å²) in [4.78, 5) is 15.2. The molecule has 29 heavy (non-hydrogen) atoms. The Balaban J connectivity index is 1.91. The van der Waals surface area contributed by atoms with Crippen molar-refractivity contribution < 1.29 is 19.2 Å². The monoisotopic (exact) mass is 392 g/mol. The number of carbonyl (C=O) groups is 1. The van der Waals surface area contributed by atoms with Gasteiger partial charge in [0.15, 0.2) is 0 Å². The fraction of sp³-hybridized carbons (Fsp3) is 0.238. The number of nitrogens with zero attached hydrogens (tertiary/aromatic N) is 3. The summed E-state index contributed by atoms with van der Waals surface area (Å²) in [5.41, 5.74) is 8.82. The van der Waals surface area contributed by atoms with Gasteiger partial charge in [0.2, 0.25) is 5.82 Å². The molecule has 1 aromatic heterocycles. The van der Waals surface area contributed by atoms with Gasteiger partial charge >= 0.3 is 5.97 Å². The van der Waals surface area contributed by atoms with Crippen LogP contribution in [0, 0.1) is 11.3 Å². The molecule has 0 unspecified atom stereocenters. The first-order chi connectivity index (χ1) is 13.9. The van der Waals surface area contributed by atoms with Crippen molar-refractivity contribution in [2.75, 3.05) is 5.73 Å². The molecule has 0 saturated carbocycles. The Hall–Kier alpha value is -3.86. The topological polar surface area (TPSA) is 135 Å². The number of hydrogen-bond acceptors (Lipinski definition) is 7. The lowest BCUT2D eigenvalue weighted by atomic mass is 10.0. The van der Waals surface area contributed by atoms with Gasteiger partial charge in [0, 0.05) is 23.2 Å². The SMILES string of the molecule is CC(C)Oc1ccc(-c2nc(-c3cccc(CCC(=O)O)c3N)no2)cc1C#N. The first kappa shape index (κ1) is 19.9. The van der Waals surface area contributed by atoms with Crippen molar-refractivity contribution in [1.82, 2.24) is 10.1 Å². The molecular weight excluding hydrogens is 372 g/mol. The molecule has 0 saturated heterocycles. The Bertz CT molecular complexity index is 1080. The van der Waals surface area contributed by atoms with Crippen molar-refractivity contribution >= 4 is 11.7 Å². The van der Waals surface area contributed by atoms with Crippen LogP contribution in [0.1, 0.15) is 31.4 Å². The molecule has 1 heterocycles. The summed E-state index contributed by atoms with van der Waals surface area (Å²) in [7, 11) is 0. The molecule has 0 aliphatic rings. The fourth-order valence-electron chi connectivity index (χ4n) is 2.82. The smallest absolute Gasteiger partial charge is 0.303 e. The second-order valence-corrected chi connectivity index (χ2v) is 6.68. The Kier molecular flexibility index (Phi) is 5.79. The van der Waals surface area contributed by atoms with E-state index < -0.39 is 5.97 Å². The van der Waals surface area contributed by atoms with Crippen LogP contribution in [0.25, 0.3) is 22.8 Å². The average molecular weight is 392 g/mol. The Labute approximate surface area is 167 Å². The van der Waals surface area contributed by atoms with Crippen molar-refractivity contribution in [3.63, 3.8) is 0 Å². The summed E-state index contributed by atoms with van der Waals surface area (Å²) >= 11 is 0. The molecule has 3 N–H and O–H groups in total. The normalized spacial score (nSPS) is 10.7. The van der Waals surface area contributed by atoms with Crippen LogP contribution in [-0.4, -0.2) is 27.3 Å². The number of aromatic nitrogens is 2. The van der Waals surface area contributed by atoms with Gasteiger partial charge in [-0.05, 0) is 50.1 Å². The van der Waals surface area contributed by atoms with Crippen LogP contribution in [0.3, 0.4) is 0 Å². The first-order valence-electron chi connectivity index (χ1n) is 9.03. The Morgan fingerprint density at radius 1 is 1.34 bits per heavy atom. The molecule has 2 aromatic carbocycles. The van der Waals surface area contributed by atoms with E-state index in [4.69, 9.17) is 20.1 Å². The van der Waals surface area contributed by atoms with Crippen molar-refractivity contribution in [2.45, 2.75) is 32.8 Å². The van der Waals surface area contributed by atoms with Crippen molar-refractivity contribution in [2.24, 2.45) is 0 Å². The fourth-order valence-corrected chi connectivity index (χ4v) is 2.82. The number of para-hydroxylation sites is 1. The highest BCUT2D eigenvalue weighted by atomic mass is 16.5. The van der Waals surface area contributed by atoms with Crippen LogP contribution < -0.4 is 10.5 Å². The van der Waals surface area contributed by atoms with Crippen molar-refractivity contribution in [3.8, 4) is 34.7 Å². The van der Waals surface area contributed by atoms with Gasteiger partial charge in [-0.3, -0.25) is 4.79 Å². The summed E-state index contributed by atoms with van der Waals surface area (Å²) in [5.74, 6) is 0.120. The second-order valence-electron chi connectivity index (χ2n) is 6.68. The number of aryl methyl sites for hydroxylation is 1. The average Bonchev–Trinajstić information content (AvgIpc) is 3.17. The number of nitriles is 1. The molecule has 0 bridgehead atoms. The third-order valence-electron chi connectivity index (χ3n) is 4.18. The van der Waals surface area contributed by atoms with E-state index in [-0.39, 0.29) is 24.2 Å². The highest BCUT2D eigenvalue weighted by Crippen LogP contribution is 2.31.